The molecule has 0 saturated carbocycles. The molecule has 0 saturated heterocycles. The lowest BCUT2D eigenvalue weighted by atomic mass is 10.3. The molecule has 16 heavy (non-hydrogen) atoms. The largest absolute Gasteiger partial charge is 0.375 e. The number of nitrogen functional groups attached to an aromatic ring is 1. The number of thiophene rings is 1. The van der Waals surface area contributed by atoms with E-state index in [0.29, 0.717) is 17.4 Å². The van der Waals surface area contributed by atoms with Gasteiger partial charge in [0.15, 0.2) is 5.13 Å². The van der Waals surface area contributed by atoms with E-state index in [1.165, 1.54) is 16.9 Å². The molecular formula is C10H11N3OS2. The molecular weight excluding hydrogens is 242 g/mol. The van der Waals surface area contributed by atoms with Gasteiger partial charge in [0.1, 0.15) is 5.69 Å². The lowest BCUT2D eigenvalue weighted by Gasteiger charge is -2.01. The van der Waals surface area contributed by atoms with Gasteiger partial charge in [-0.05, 0) is 23.9 Å². The average Bonchev–Trinajstić information content (AvgIpc) is 2.84. The van der Waals surface area contributed by atoms with Crippen LogP contribution >= 0.6 is 22.7 Å². The SMILES string of the molecule is Cc1ccsc1CNC(=O)c1csc(N)n1. The van der Waals surface area contributed by atoms with Crippen molar-refractivity contribution in [3.63, 3.8) is 0 Å². The summed E-state index contributed by atoms with van der Waals surface area (Å²) >= 11 is 2.90. The second-order valence-corrected chi connectivity index (χ2v) is 5.17. The molecule has 2 rings (SSSR count). The quantitative estimate of drug-likeness (QED) is 0.879. The molecule has 2 aromatic heterocycles. The number of anilines is 1. The number of nitrogens with two attached hydrogens (primary N) is 1. The van der Waals surface area contributed by atoms with Crippen LogP contribution in [0.5, 0.6) is 0 Å². The Bertz CT molecular complexity index is 504. The van der Waals surface area contributed by atoms with E-state index in [-0.39, 0.29) is 5.91 Å². The molecule has 0 unspecified atom stereocenters. The molecule has 6 heteroatoms. The highest BCUT2D eigenvalue weighted by Crippen LogP contribution is 2.15. The molecule has 1 amide bonds. The number of carbonyl (C=O) groups is 1. The summed E-state index contributed by atoms with van der Waals surface area (Å²) in [5.74, 6) is -0.180. The number of aromatic nitrogens is 1. The van der Waals surface area contributed by atoms with Gasteiger partial charge in [-0.2, -0.15) is 0 Å². The number of thiazole rings is 1. The van der Waals surface area contributed by atoms with Crippen LogP contribution in [0.25, 0.3) is 0 Å². The maximum absolute atomic E-state index is 11.6. The fraction of sp³-hybridized carbons (Fsp3) is 0.200. The molecule has 0 aliphatic rings. The molecule has 0 atom stereocenters. The molecule has 0 fully saturated rings. The maximum Gasteiger partial charge on any atom is 0.271 e. The van der Waals surface area contributed by atoms with Gasteiger partial charge in [-0.1, -0.05) is 0 Å². The Morgan fingerprint density at radius 3 is 2.94 bits per heavy atom. The number of rotatable bonds is 3. The van der Waals surface area contributed by atoms with Crippen LogP contribution in [-0.4, -0.2) is 10.9 Å². The lowest BCUT2D eigenvalue weighted by molar-refractivity contribution is 0.0947. The van der Waals surface area contributed by atoms with Crippen LogP contribution in [0.1, 0.15) is 20.9 Å². The van der Waals surface area contributed by atoms with E-state index in [0.717, 1.165) is 4.88 Å². The Balaban J connectivity index is 1.96. The number of nitrogens with zero attached hydrogens (tertiary/aromatic N) is 1. The number of aryl methyl sites for hydroxylation is 1. The average molecular weight is 253 g/mol. The Kier molecular flexibility index (Phi) is 3.21. The molecule has 2 aromatic rings. The highest BCUT2D eigenvalue weighted by Gasteiger charge is 2.09. The van der Waals surface area contributed by atoms with Gasteiger partial charge in [-0.25, -0.2) is 4.98 Å². The van der Waals surface area contributed by atoms with Crippen molar-refractivity contribution in [1.82, 2.24) is 10.3 Å². The highest BCUT2D eigenvalue weighted by molar-refractivity contribution is 7.13. The Hall–Kier alpha value is -1.40. The van der Waals surface area contributed by atoms with Crippen LogP contribution in [0.3, 0.4) is 0 Å². The van der Waals surface area contributed by atoms with Crippen LogP contribution in [0.4, 0.5) is 5.13 Å². The zero-order valence-corrected chi connectivity index (χ0v) is 10.3. The van der Waals surface area contributed by atoms with Crippen molar-refractivity contribution in [2.45, 2.75) is 13.5 Å². The molecule has 0 radical (unpaired) electrons. The zero-order chi connectivity index (χ0) is 11.5. The van der Waals surface area contributed by atoms with Crippen molar-refractivity contribution >= 4 is 33.7 Å². The summed E-state index contributed by atoms with van der Waals surface area (Å²) in [5, 5.41) is 6.90. The van der Waals surface area contributed by atoms with Crippen molar-refractivity contribution in [3.8, 4) is 0 Å². The van der Waals surface area contributed by atoms with Crippen molar-refractivity contribution in [3.05, 3.63) is 33.0 Å². The molecule has 4 nitrogen and oxygen atoms in total. The zero-order valence-electron chi connectivity index (χ0n) is 8.69. The molecule has 0 aromatic carbocycles. The van der Waals surface area contributed by atoms with E-state index < -0.39 is 0 Å². The first-order valence-electron chi connectivity index (χ1n) is 4.69. The van der Waals surface area contributed by atoms with E-state index in [4.69, 9.17) is 5.73 Å². The second kappa shape index (κ2) is 4.63. The number of hydrogen-bond acceptors (Lipinski definition) is 5. The number of nitrogens with one attached hydrogen (secondary N) is 1. The van der Waals surface area contributed by atoms with Crippen LogP contribution in [0.2, 0.25) is 0 Å². The van der Waals surface area contributed by atoms with Crippen LogP contribution in [0.15, 0.2) is 16.8 Å². The number of carbonyl (C=O) groups excluding carboxylic acids is 1. The number of hydrogen-bond donors (Lipinski definition) is 2. The third-order valence-corrected chi connectivity index (χ3v) is 3.83. The minimum atomic E-state index is -0.180. The van der Waals surface area contributed by atoms with Crippen LogP contribution in [0, 0.1) is 6.92 Å². The lowest BCUT2D eigenvalue weighted by Crippen LogP contribution is -2.22. The first-order valence-corrected chi connectivity index (χ1v) is 6.45. The molecule has 2 heterocycles. The standard InChI is InChI=1S/C10H11N3OS2/c1-6-2-3-15-8(6)4-12-9(14)7-5-16-10(11)13-7/h2-3,5H,4H2,1H3,(H2,11,13)(H,12,14). The van der Waals surface area contributed by atoms with Gasteiger partial charge in [0.25, 0.3) is 5.91 Å². The topological polar surface area (TPSA) is 68.0 Å². The summed E-state index contributed by atoms with van der Waals surface area (Å²) in [7, 11) is 0. The van der Waals surface area contributed by atoms with Gasteiger partial charge in [0.05, 0.1) is 6.54 Å². The minimum absolute atomic E-state index is 0.180. The van der Waals surface area contributed by atoms with Crippen molar-refractivity contribution < 1.29 is 4.79 Å². The third kappa shape index (κ3) is 2.40. The summed E-state index contributed by atoms with van der Waals surface area (Å²) in [4.78, 5) is 16.7. The smallest absolute Gasteiger partial charge is 0.271 e. The van der Waals surface area contributed by atoms with Crippen molar-refractivity contribution in [2.24, 2.45) is 0 Å². The predicted molar refractivity (Wildman–Crippen MR) is 66.8 cm³/mol. The van der Waals surface area contributed by atoms with Gasteiger partial charge in [-0.3, -0.25) is 4.79 Å². The summed E-state index contributed by atoms with van der Waals surface area (Å²) in [6, 6.07) is 2.03. The molecule has 84 valence electrons. The van der Waals surface area contributed by atoms with Gasteiger partial charge in [0.2, 0.25) is 0 Å². The Labute approximate surface area is 101 Å². The van der Waals surface area contributed by atoms with Gasteiger partial charge in [0, 0.05) is 10.3 Å². The van der Waals surface area contributed by atoms with Crippen LogP contribution in [-0.2, 0) is 6.54 Å². The van der Waals surface area contributed by atoms with Gasteiger partial charge < -0.3 is 11.1 Å². The monoisotopic (exact) mass is 253 g/mol. The van der Waals surface area contributed by atoms with E-state index in [1.54, 1.807) is 16.7 Å². The summed E-state index contributed by atoms with van der Waals surface area (Å²) < 4.78 is 0. The fourth-order valence-electron chi connectivity index (χ4n) is 1.23. The highest BCUT2D eigenvalue weighted by atomic mass is 32.1. The van der Waals surface area contributed by atoms with Crippen molar-refractivity contribution in [1.29, 1.82) is 0 Å². The van der Waals surface area contributed by atoms with E-state index in [9.17, 15) is 4.79 Å². The molecule has 0 aliphatic heterocycles. The fourth-order valence-corrected chi connectivity index (χ4v) is 2.62. The molecule has 0 aliphatic carbocycles. The van der Waals surface area contributed by atoms with E-state index in [1.807, 2.05) is 18.4 Å². The van der Waals surface area contributed by atoms with Crippen molar-refractivity contribution in [2.75, 3.05) is 5.73 Å². The summed E-state index contributed by atoms with van der Waals surface area (Å²) in [6.45, 7) is 2.57. The predicted octanol–water partition coefficient (Wildman–Crippen LogP) is 2.03. The van der Waals surface area contributed by atoms with Gasteiger partial charge in [-0.15, -0.1) is 22.7 Å². The molecule has 0 bridgehead atoms. The Morgan fingerprint density at radius 1 is 1.56 bits per heavy atom. The van der Waals surface area contributed by atoms with E-state index in [2.05, 4.69) is 10.3 Å². The van der Waals surface area contributed by atoms with Gasteiger partial charge >= 0.3 is 0 Å². The normalized spacial score (nSPS) is 10.3. The third-order valence-electron chi connectivity index (χ3n) is 2.13. The maximum atomic E-state index is 11.6. The molecule has 0 spiro atoms. The van der Waals surface area contributed by atoms with Crippen LogP contribution < -0.4 is 11.1 Å². The first-order chi connectivity index (χ1) is 7.66. The minimum Gasteiger partial charge on any atom is -0.375 e. The number of amides is 1. The summed E-state index contributed by atoms with van der Waals surface area (Å²) in [6.07, 6.45) is 0. The first kappa shape index (κ1) is 11.1. The Morgan fingerprint density at radius 2 is 2.38 bits per heavy atom. The molecule has 3 N–H and O–H groups in total. The second-order valence-electron chi connectivity index (χ2n) is 3.28. The summed E-state index contributed by atoms with van der Waals surface area (Å²) in [5.41, 5.74) is 7.04. The van der Waals surface area contributed by atoms with E-state index >= 15 is 0 Å².